The summed E-state index contributed by atoms with van der Waals surface area (Å²) in [4.78, 5) is 22.5. The fourth-order valence-corrected chi connectivity index (χ4v) is 2.03. The lowest BCUT2D eigenvalue weighted by atomic mass is 9.91. The maximum absolute atomic E-state index is 13.6. The highest BCUT2D eigenvalue weighted by atomic mass is 19.1. The SMILES string of the molecule is CCc1nc(N(C(=O)CC(C)(C)C)C(C)CC)ncc1F. The van der Waals surface area contributed by atoms with Gasteiger partial charge in [0.15, 0.2) is 5.82 Å². The Labute approximate surface area is 126 Å². The number of aryl methyl sites for hydroxylation is 1. The average Bonchev–Trinajstić information content (AvgIpc) is 2.38. The van der Waals surface area contributed by atoms with Crippen LogP contribution in [0, 0.1) is 11.2 Å². The summed E-state index contributed by atoms with van der Waals surface area (Å²) < 4.78 is 13.6. The molecule has 0 fully saturated rings. The first-order chi connectivity index (χ1) is 9.69. The highest BCUT2D eigenvalue weighted by Gasteiger charge is 2.27. The number of halogens is 1. The molecule has 0 aromatic carbocycles. The second-order valence-corrected chi connectivity index (χ2v) is 6.58. The second kappa shape index (κ2) is 6.96. The maximum atomic E-state index is 13.6. The molecule has 0 radical (unpaired) electrons. The molecule has 5 heteroatoms. The van der Waals surface area contributed by atoms with Gasteiger partial charge in [-0.25, -0.2) is 14.4 Å². The molecule has 118 valence electrons. The molecule has 0 aliphatic heterocycles. The van der Waals surface area contributed by atoms with Gasteiger partial charge in [0.25, 0.3) is 0 Å². The van der Waals surface area contributed by atoms with Gasteiger partial charge < -0.3 is 0 Å². The minimum atomic E-state index is -0.423. The molecule has 4 nitrogen and oxygen atoms in total. The maximum Gasteiger partial charge on any atom is 0.232 e. The van der Waals surface area contributed by atoms with Gasteiger partial charge in [0.1, 0.15) is 0 Å². The number of amides is 1. The summed E-state index contributed by atoms with van der Waals surface area (Å²) in [6.07, 6.45) is 2.82. The molecule has 1 rings (SSSR count). The van der Waals surface area contributed by atoms with E-state index in [9.17, 15) is 9.18 Å². The molecular formula is C16H26FN3O. The molecule has 0 bridgehead atoms. The van der Waals surface area contributed by atoms with Gasteiger partial charge in [0.05, 0.1) is 11.9 Å². The van der Waals surface area contributed by atoms with E-state index in [1.54, 1.807) is 4.90 Å². The molecule has 21 heavy (non-hydrogen) atoms. The van der Waals surface area contributed by atoms with Crippen molar-refractivity contribution in [2.45, 2.75) is 66.8 Å². The number of hydrogen-bond donors (Lipinski definition) is 0. The number of hydrogen-bond acceptors (Lipinski definition) is 3. The molecule has 1 aromatic rings. The number of anilines is 1. The van der Waals surface area contributed by atoms with E-state index in [1.807, 2.05) is 41.5 Å². The zero-order chi connectivity index (χ0) is 16.2. The Bertz CT molecular complexity index is 497. The quantitative estimate of drug-likeness (QED) is 0.831. The summed E-state index contributed by atoms with van der Waals surface area (Å²) in [6, 6.07) is -0.0185. The first-order valence-corrected chi connectivity index (χ1v) is 7.53. The minimum absolute atomic E-state index is 0.0185. The molecule has 1 unspecified atom stereocenters. The van der Waals surface area contributed by atoms with Crippen LogP contribution in [0.3, 0.4) is 0 Å². The highest BCUT2D eigenvalue weighted by molar-refractivity contribution is 5.92. The van der Waals surface area contributed by atoms with Crippen LogP contribution >= 0.6 is 0 Å². The van der Waals surface area contributed by atoms with Crippen LogP contribution in [0.25, 0.3) is 0 Å². The van der Waals surface area contributed by atoms with Gasteiger partial charge in [-0.05, 0) is 25.2 Å². The number of nitrogens with zero attached hydrogens (tertiary/aromatic N) is 3. The molecule has 1 atom stereocenters. The lowest BCUT2D eigenvalue weighted by Gasteiger charge is -2.29. The Kier molecular flexibility index (Phi) is 5.81. The van der Waals surface area contributed by atoms with Gasteiger partial charge in [0.2, 0.25) is 11.9 Å². The van der Waals surface area contributed by atoms with Gasteiger partial charge in [0, 0.05) is 12.5 Å². The van der Waals surface area contributed by atoms with E-state index in [0.29, 0.717) is 24.5 Å². The van der Waals surface area contributed by atoms with Gasteiger partial charge in [-0.2, -0.15) is 0 Å². The van der Waals surface area contributed by atoms with Crippen LogP contribution in [-0.4, -0.2) is 21.9 Å². The highest BCUT2D eigenvalue weighted by Crippen LogP contribution is 2.24. The van der Waals surface area contributed by atoms with Crippen LogP contribution in [0.4, 0.5) is 10.3 Å². The van der Waals surface area contributed by atoms with E-state index in [-0.39, 0.29) is 17.4 Å². The third-order valence-corrected chi connectivity index (χ3v) is 3.34. The van der Waals surface area contributed by atoms with Crippen LogP contribution in [0.15, 0.2) is 6.20 Å². The Morgan fingerprint density at radius 3 is 2.48 bits per heavy atom. The molecule has 0 N–H and O–H groups in total. The molecule has 1 aromatic heterocycles. The lowest BCUT2D eigenvalue weighted by molar-refractivity contribution is -0.120. The van der Waals surface area contributed by atoms with Crippen LogP contribution in [0.1, 0.15) is 60.1 Å². The van der Waals surface area contributed by atoms with Crippen molar-refractivity contribution in [2.75, 3.05) is 4.90 Å². The van der Waals surface area contributed by atoms with Crippen LogP contribution < -0.4 is 4.90 Å². The summed E-state index contributed by atoms with van der Waals surface area (Å²) in [5.41, 5.74) is 0.230. The van der Waals surface area contributed by atoms with Crippen molar-refractivity contribution in [3.05, 3.63) is 17.7 Å². The van der Waals surface area contributed by atoms with Crippen LogP contribution in [0.2, 0.25) is 0 Å². The van der Waals surface area contributed by atoms with Crippen molar-refractivity contribution in [1.82, 2.24) is 9.97 Å². The van der Waals surface area contributed by atoms with Crippen molar-refractivity contribution < 1.29 is 9.18 Å². The number of carbonyl (C=O) groups excluding carboxylic acids is 1. The van der Waals surface area contributed by atoms with E-state index in [2.05, 4.69) is 9.97 Å². The standard InChI is InChI=1S/C16H26FN3O/c1-7-11(3)20(14(21)9-16(4,5)6)15-18-10-12(17)13(8-2)19-15/h10-11H,7-9H2,1-6H3. The zero-order valence-corrected chi connectivity index (χ0v) is 13.9. The predicted molar refractivity (Wildman–Crippen MR) is 82.7 cm³/mol. The van der Waals surface area contributed by atoms with Gasteiger partial charge in [-0.3, -0.25) is 9.69 Å². The van der Waals surface area contributed by atoms with E-state index < -0.39 is 5.82 Å². The smallest absolute Gasteiger partial charge is 0.232 e. The molecule has 0 saturated carbocycles. The first-order valence-electron chi connectivity index (χ1n) is 7.53. The van der Waals surface area contributed by atoms with E-state index in [1.165, 1.54) is 0 Å². The van der Waals surface area contributed by atoms with Crippen molar-refractivity contribution in [1.29, 1.82) is 0 Å². The summed E-state index contributed by atoms with van der Waals surface area (Å²) in [7, 11) is 0. The largest absolute Gasteiger partial charge is 0.278 e. The number of aromatic nitrogens is 2. The van der Waals surface area contributed by atoms with Crippen molar-refractivity contribution in [2.24, 2.45) is 5.41 Å². The molecule has 1 heterocycles. The summed E-state index contributed by atoms with van der Waals surface area (Å²) in [5.74, 6) is -0.143. The van der Waals surface area contributed by atoms with Gasteiger partial charge >= 0.3 is 0 Å². The number of carbonyl (C=O) groups is 1. The monoisotopic (exact) mass is 295 g/mol. The van der Waals surface area contributed by atoms with Crippen LogP contribution in [0.5, 0.6) is 0 Å². The average molecular weight is 295 g/mol. The molecular weight excluding hydrogens is 269 g/mol. The Morgan fingerprint density at radius 2 is 2.00 bits per heavy atom. The summed E-state index contributed by atoms with van der Waals surface area (Å²) >= 11 is 0. The van der Waals surface area contributed by atoms with Crippen LogP contribution in [-0.2, 0) is 11.2 Å². The van der Waals surface area contributed by atoms with E-state index in [0.717, 1.165) is 12.6 Å². The molecule has 0 aliphatic rings. The van der Waals surface area contributed by atoms with Crippen molar-refractivity contribution in [3.63, 3.8) is 0 Å². The molecule has 1 amide bonds. The fourth-order valence-electron chi connectivity index (χ4n) is 2.03. The third-order valence-electron chi connectivity index (χ3n) is 3.34. The molecule has 0 saturated heterocycles. The third kappa shape index (κ3) is 4.76. The van der Waals surface area contributed by atoms with Crippen molar-refractivity contribution in [3.8, 4) is 0 Å². The predicted octanol–water partition coefficient (Wildman–Crippen LogP) is 3.75. The molecule has 0 spiro atoms. The number of rotatable bonds is 5. The van der Waals surface area contributed by atoms with E-state index >= 15 is 0 Å². The second-order valence-electron chi connectivity index (χ2n) is 6.58. The topological polar surface area (TPSA) is 46.1 Å². The normalized spacial score (nSPS) is 13.1. The van der Waals surface area contributed by atoms with Gasteiger partial charge in [-0.1, -0.05) is 34.6 Å². The first kappa shape index (κ1) is 17.5. The Hall–Kier alpha value is -1.52. The Morgan fingerprint density at radius 1 is 1.38 bits per heavy atom. The van der Waals surface area contributed by atoms with Crippen molar-refractivity contribution >= 4 is 11.9 Å². The summed E-state index contributed by atoms with van der Waals surface area (Å²) in [5, 5.41) is 0. The fraction of sp³-hybridized carbons (Fsp3) is 0.688. The van der Waals surface area contributed by atoms with Gasteiger partial charge in [-0.15, -0.1) is 0 Å². The van der Waals surface area contributed by atoms with E-state index in [4.69, 9.17) is 0 Å². The Balaban J connectivity index is 3.16. The lowest BCUT2D eigenvalue weighted by Crippen LogP contribution is -2.41. The molecule has 0 aliphatic carbocycles. The summed E-state index contributed by atoms with van der Waals surface area (Å²) in [6.45, 7) is 11.8. The minimum Gasteiger partial charge on any atom is -0.278 e. The zero-order valence-electron chi connectivity index (χ0n) is 13.9.